The van der Waals surface area contributed by atoms with Crippen molar-refractivity contribution in [3.63, 3.8) is 0 Å². The van der Waals surface area contributed by atoms with Crippen LogP contribution in [0, 0.1) is 11.3 Å². The van der Waals surface area contributed by atoms with Gasteiger partial charge in [-0.25, -0.2) is 0 Å². The van der Waals surface area contributed by atoms with Gasteiger partial charge < -0.3 is 10.1 Å². The van der Waals surface area contributed by atoms with E-state index in [1.807, 2.05) is 7.05 Å². The molecule has 0 aromatic rings. The van der Waals surface area contributed by atoms with Gasteiger partial charge in [-0.3, -0.25) is 4.90 Å². The third kappa shape index (κ3) is 2.47. The van der Waals surface area contributed by atoms with Crippen molar-refractivity contribution in [3.8, 4) is 6.07 Å². The van der Waals surface area contributed by atoms with Gasteiger partial charge in [0.25, 0.3) is 0 Å². The monoisotopic (exact) mass is 237 g/mol. The minimum absolute atomic E-state index is 0.290. The Balaban J connectivity index is 2.02. The molecule has 2 aliphatic rings. The van der Waals surface area contributed by atoms with E-state index in [4.69, 9.17) is 4.74 Å². The maximum atomic E-state index is 9.30. The van der Waals surface area contributed by atoms with E-state index in [0.717, 1.165) is 45.4 Å². The van der Waals surface area contributed by atoms with Gasteiger partial charge in [0.2, 0.25) is 0 Å². The lowest BCUT2D eigenvalue weighted by Gasteiger charge is -2.39. The fourth-order valence-corrected chi connectivity index (χ4v) is 3.19. The first kappa shape index (κ1) is 12.8. The normalized spacial score (nSPS) is 39.1. The summed E-state index contributed by atoms with van der Waals surface area (Å²) < 4.78 is 5.55. The van der Waals surface area contributed by atoms with Crippen molar-refractivity contribution >= 4 is 0 Å². The van der Waals surface area contributed by atoms with E-state index in [2.05, 4.69) is 23.2 Å². The average Bonchev–Trinajstić information content (AvgIpc) is 2.83. The van der Waals surface area contributed by atoms with E-state index in [1.165, 1.54) is 0 Å². The second kappa shape index (κ2) is 5.34. The number of rotatable bonds is 3. The van der Waals surface area contributed by atoms with Crippen LogP contribution in [-0.2, 0) is 4.74 Å². The highest BCUT2D eigenvalue weighted by Crippen LogP contribution is 2.34. The van der Waals surface area contributed by atoms with Crippen LogP contribution in [0.25, 0.3) is 0 Å². The zero-order valence-corrected chi connectivity index (χ0v) is 10.9. The lowest BCUT2D eigenvalue weighted by molar-refractivity contribution is -0.0295. The molecule has 3 unspecified atom stereocenters. The summed E-state index contributed by atoms with van der Waals surface area (Å²) in [5.41, 5.74) is -0.290. The van der Waals surface area contributed by atoms with Crippen LogP contribution < -0.4 is 5.32 Å². The summed E-state index contributed by atoms with van der Waals surface area (Å²) >= 11 is 0. The van der Waals surface area contributed by atoms with E-state index in [9.17, 15) is 5.26 Å². The van der Waals surface area contributed by atoms with E-state index >= 15 is 0 Å². The van der Waals surface area contributed by atoms with Gasteiger partial charge in [0.15, 0.2) is 0 Å². The Labute approximate surface area is 104 Å². The van der Waals surface area contributed by atoms with Crippen LogP contribution in [0.5, 0.6) is 0 Å². The fraction of sp³-hybridized carbons (Fsp3) is 0.923. The Kier molecular flexibility index (Phi) is 4.03. The Bertz CT molecular complexity index is 302. The number of hydrogen-bond donors (Lipinski definition) is 1. The zero-order valence-electron chi connectivity index (χ0n) is 10.9. The van der Waals surface area contributed by atoms with Crippen molar-refractivity contribution in [1.82, 2.24) is 10.2 Å². The quantitative estimate of drug-likeness (QED) is 0.799. The summed E-state index contributed by atoms with van der Waals surface area (Å²) in [6, 6.07) is 3.55. The standard InChI is InChI=1S/C13H23N3O/c1-3-11-9-17-7-6-16(11)12-4-5-13(8-12,10-14)15-2/h11-12,15H,3-9H2,1-2H3. The highest BCUT2D eigenvalue weighted by molar-refractivity contribution is 5.13. The van der Waals surface area contributed by atoms with Crippen LogP contribution in [-0.4, -0.2) is 49.3 Å². The third-order valence-electron chi connectivity index (χ3n) is 4.39. The molecule has 2 fully saturated rings. The first-order valence-corrected chi connectivity index (χ1v) is 6.68. The van der Waals surface area contributed by atoms with E-state index in [1.54, 1.807) is 0 Å². The molecule has 1 aliphatic carbocycles. The molecule has 1 heterocycles. The van der Waals surface area contributed by atoms with Crippen molar-refractivity contribution in [2.75, 3.05) is 26.8 Å². The maximum Gasteiger partial charge on any atom is 0.108 e. The topological polar surface area (TPSA) is 48.3 Å². The van der Waals surface area contributed by atoms with Crippen LogP contribution in [0.2, 0.25) is 0 Å². The van der Waals surface area contributed by atoms with Gasteiger partial charge in [0.05, 0.1) is 19.3 Å². The van der Waals surface area contributed by atoms with Crippen LogP contribution in [0.1, 0.15) is 32.6 Å². The lowest BCUT2D eigenvalue weighted by atomic mass is 9.99. The minimum atomic E-state index is -0.290. The molecule has 0 amide bonds. The molecule has 0 spiro atoms. The number of morpholine rings is 1. The van der Waals surface area contributed by atoms with Gasteiger partial charge in [-0.15, -0.1) is 0 Å². The SMILES string of the molecule is CCC1COCCN1C1CCC(C#N)(NC)C1. The van der Waals surface area contributed by atoms with Gasteiger partial charge in [-0.05, 0) is 32.7 Å². The summed E-state index contributed by atoms with van der Waals surface area (Å²) in [7, 11) is 1.90. The second-order valence-corrected chi connectivity index (χ2v) is 5.22. The number of nitrogens with one attached hydrogen (secondary N) is 1. The molecule has 1 N–H and O–H groups in total. The summed E-state index contributed by atoms with van der Waals surface area (Å²) in [6.45, 7) is 4.93. The summed E-state index contributed by atoms with van der Waals surface area (Å²) in [5.74, 6) is 0. The van der Waals surface area contributed by atoms with Gasteiger partial charge in [0.1, 0.15) is 5.54 Å². The first-order valence-electron chi connectivity index (χ1n) is 6.68. The molecule has 4 nitrogen and oxygen atoms in total. The van der Waals surface area contributed by atoms with Crippen LogP contribution in [0.15, 0.2) is 0 Å². The Morgan fingerprint density at radius 2 is 2.41 bits per heavy atom. The maximum absolute atomic E-state index is 9.30. The van der Waals surface area contributed by atoms with Crippen molar-refractivity contribution in [1.29, 1.82) is 5.26 Å². The highest BCUT2D eigenvalue weighted by atomic mass is 16.5. The predicted molar refractivity (Wildman–Crippen MR) is 66.6 cm³/mol. The Morgan fingerprint density at radius 1 is 1.59 bits per heavy atom. The van der Waals surface area contributed by atoms with Crippen LogP contribution >= 0.6 is 0 Å². The van der Waals surface area contributed by atoms with Crippen molar-refractivity contribution in [2.45, 2.75) is 50.2 Å². The van der Waals surface area contributed by atoms with Crippen LogP contribution in [0.4, 0.5) is 0 Å². The van der Waals surface area contributed by atoms with E-state index < -0.39 is 0 Å². The zero-order chi connectivity index (χ0) is 12.3. The smallest absolute Gasteiger partial charge is 0.108 e. The molecular weight excluding hydrogens is 214 g/mol. The van der Waals surface area contributed by atoms with E-state index in [0.29, 0.717) is 12.1 Å². The summed E-state index contributed by atoms with van der Waals surface area (Å²) in [4.78, 5) is 2.57. The van der Waals surface area contributed by atoms with Gasteiger partial charge in [-0.1, -0.05) is 6.92 Å². The molecule has 3 atom stereocenters. The predicted octanol–water partition coefficient (Wildman–Crippen LogP) is 1.13. The molecule has 0 aromatic carbocycles. The highest BCUT2D eigenvalue weighted by Gasteiger charge is 2.42. The number of hydrogen-bond acceptors (Lipinski definition) is 4. The minimum Gasteiger partial charge on any atom is -0.378 e. The molecule has 17 heavy (non-hydrogen) atoms. The van der Waals surface area contributed by atoms with E-state index in [-0.39, 0.29) is 5.54 Å². The fourth-order valence-electron chi connectivity index (χ4n) is 3.19. The van der Waals surface area contributed by atoms with Gasteiger partial charge in [0, 0.05) is 18.6 Å². The summed E-state index contributed by atoms with van der Waals surface area (Å²) in [6.07, 6.45) is 4.19. The molecule has 1 saturated carbocycles. The average molecular weight is 237 g/mol. The lowest BCUT2D eigenvalue weighted by Crippen LogP contribution is -2.51. The Morgan fingerprint density at radius 3 is 3.00 bits per heavy atom. The third-order valence-corrected chi connectivity index (χ3v) is 4.39. The molecule has 1 aliphatic heterocycles. The molecule has 96 valence electrons. The largest absolute Gasteiger partial charge is 0.378 e. The van der Waals surface area contributed by atoms with Crippen molar-refractivity contribution < 1.29 is 4.74 Å². The second-order valence-electron chi connectivity index (χ2n) is 5.22. The molecule has 0 aromatic heterocycles. The first-order chi connectivity index (χ1) is 8.24. The summed E-state index contributed by atoms with van der Waals surface area (Å²) in [5, 5.41) is 12.5. The molecule has 2 rings (SSSR count). The molecule has 4 heteroatoms. The van der Waals surface area contributed by atoms with Crippen molar-refractivity contribution in [2.24, 2.45) is 0 Å². The molecule has 0 bridgehead atoms. The van der Waals surface area contributed by atoms with Crippen LogP contribution in [0.3, 0.4) is 0 Å². The number of ether oxygens (including phenoxy) is 1. The molecular formula is C13H23N3O. The number of nitrogens with zero attached hydrogens (tertiary/aromatic N) is 2. The van der Waals surface area contributed by atoms with Gasteiger partial charge >= 0.3 is 0 Å². The van der Waals surface area contributed by atoms with Gasteiger partial charge in [-0.2, -0.15) is 5.26 Å². The van der Waals surface area contributed by atoms with Crippen molar-refractivity contribution in [3.05, 3.63) is 0 Å². The Hall–Kier alpha value is -0.630. The molecule has 0 radical (unpaired) electrons. The number of nitriles is 1. The molecule has 1 saturated heterocycles.